The molecule has 24 heavy (non-hydrogen) atoms. The van der Waals surface area contributed by atoms with Crippen LogP contribution in [-0.4, -0.2) is 22.6 Å². The summed E-state index contributed by atoms with van der Waals surface area (Å²) in [4.78, 5) is 17.6. The smallest absolute Gasteiger partial charge is 0.257 e. The summed E-state index contributed by atoms with van der Waals surface area (Å²) in [6.07, 6.45) is 2.44. The lowest BCUT2D eigenvalue weighted by molar-refractivity contribution is 0.102. The third-order valence-corrected chi connectivity index (χ3v) is 4.89. The number of carbonyl (C=O) groups is 1. The van der Waals surface area contributed by atoms with Crippen LogP contribution in [0.15, 0.2) is 47.3 Å². The number of amides is 1. The molecule has 1 aromatic carbocycles. The second kappa shape index (κ2) is 8.05. The number of nitrogens with one attached hydrogen (secondary N) is 1. The van der Waals surface area contributed by atoms with E-state index in [1.807, 2.05) is 11.4 Å². The van der Waals surface area contributed by atoms with E-state index in [4.69, 9.17) is 4.74 Å². The molecule has 0 fully saturated rings. The molecule has 2 heterocycles. The molecule has 0 radical (unpaired) electrons. The zero-order chi connectivity index (χ0) is 16.8. The zero-order valence-electron chi connectivity index (χ0n) is 12.8. The Morgan fingerprint density at radius 1 is 1.25 bits per heavy atom. The lowest BCUT2D eigenvalue weighted by Gasteiger charge is -2.10. The monoisotopic (exact) mass is 360 g/mol. The molecule has 3 aromatic rings. The summed E-state index contributed by atoms with van der Waals surface area (Å²) in [6.45, 7) is 0.364. The summed E-state index contributed by atoms with van der Waals surface area (Å²) in [7, 11) is 0. The van der Waals surface area contributed by atoms with Gasteiger partial charge in [-0.05, 0) is 35.2 Å². The molecular weight excluding hydrogens is 344 g/mol. The van der Waals surface area contributed by atoms with Crippen LogP contribution in [0.3, 0.4) is 0 Å². The molecule has 0 spiro atoms. The second-order valence-electron chi connectivity index (χ2n) is 4.99. The number of nitrogens with zero attached hydrogens (tertiary/aromatic N) is 1. The van der Waals surface area contributed by atoms with Crippen LogP contribution in [0.4, 0.5) is 5.13 Å². The van der Waals surface area contributed by atoms with E-state index in [1.165, 1.54) is 16.2 Å². The zero-order valence-corrected chi connectivity index (χ0v) is 14.4. The van der Waals surface area contributed by atoms with Crippen molar-refractivity contribution in [2.45, 2.75) is 13.0 Å². The van der Waals surface area contributed by atoms with E-state index in [-0.39, 0.29) is 12.5 Å². The maximum atomic E-state index is 12.3. The molecule has 2 N–H and O–H groups in total. The van der Waals surface area contributed by atoms with E-state index in [0.717, 1.165) is 6.42 Å². The highest BCUT2D eigenvalue weighted by Crippen LogP contribution is 2.20. The van der Waals surface area contributed by atoms with Crippen molar-refractivity contribution in [2.75, 3.05) is 11.9 Å². The van der Waals surface area contributed by atoms with Gasteiger partial charge < -0.3 is 9.84 Å². The number of thiophene rings is 1. The van der Waals surface area contributed by atoms with Crippen LogP contribution < -0.4 is 10.1 Å². The predicted molar refractivity (Wildman–Crippen MR) is 96.0 cm³/mol. The topological polar surface area (TPSA) is 71.5 Å². The maximum Gasteiger partial charge on any atom is 0.257 e. The molecule has 0 atom stereocenters. The van der Waals surface area contributed by atoms with Crippen LogP contribution in [0, 0.1) is 0 Å². The number of benzene rings is 1. The van der Waals surface area contributed by atoms with Gasteiger partial charge in [-0.3, -0.25) is 10.1 Å². The fraction of sp³-hybridized carbons (Fsp3) is 0.176. The number of ether oxygens (including phenoxy) is 1. The van der Waals surface area contributed by atoms with Crippen LogP contribution in [0.5, 0.6) is 5.75 Å². The highest BCUT2D eigenvalue weighted by Gasteiger charge is 2.11. The molecule has 7 heteroatoms. The van der Waals surface area contributed by atoms with Gasteiger partial charge >= 0.3 is 0 Å². The fourth-order valence-corrected chi connectivity index (χ4v) is 3.36. The van der Waals surface area contributed by atoms with Gasteiger partial charge in [-0.2, -0.15) is 0 Å². The number of rotatable bonds is 7. The van der Waals surface area contributed by atoms with Gasteiger partial charge in [0.2, 0.25) is 0 Å². The van der Waals surface area contributed by atoms with Crippen molar-refractivity contribution in [2.24, 2.45) is 0 Å². The molecule has 124 valence electrons. The Hall–Kier alpha value is -2.22. The predicted octanol–water partition coefficient (Wildman–Crippen LogP) is 3.57. The third-order valence-electron chi connectivity index (χ3n) is 3.26. The molecule has 1 amide bonds. The molecular formula is C17H16N2O3S2. The Labute approximate surface area is 147 Å². The standard InChI is InChI=1S/C17H16N2O3S2/c20-11-12-8-13(16(21)19-17-18-4-7-24-17)10-14(9-12)22-5-3-15-2-1-6-23-15/h1-2,4,6-10,20H,3,5,11H2,(H,18,19,21). The first-order chi connectivity index (χ1) is 11.7. The Morgan fingerprint density at radius 2 is 2.17 bits per heavy atom. The summed E-state index contributed by atoms with van der Waals surface area (Å²) in [5.41, 5.74) is 1.07. The third kappa shape index (κ3) is 4.41. The number of carbonyl (C=O) groups excluding carboxylic acids is 1. The molecule has 2 aromatic heterocycles. The van der Waals surface area contributed by atoms with E-state index in [9.17, 15) is 9.90 Å². The number of aromatic nitrogens is 1. The van der Waals surface area contributed by atoms with Gasteiger partial charge in [-0.1, -0.05) is 6.07 Å². The summed E-state index contributed by atoms with van der Waals surface area (Å²) in [5.74, 6) is 0.297. The number of aliphatic hydroxyl groups is 1. The largest absolute Gasteiger partial charge is 0.493 e. The SMILES string of the molecule is O=C(Nc1nccs1)c1cc(CO)cc(OCCc2cccs2)c1. The minimum Gasteiger partial charge on any atom is -0.493 e. The lowest BCUT2D eigenvalue weighted by Crippen LogP contribution is -2.12. The van der Waals surface area contributed by atoms with Gasteiger partial charge in [0, 0.05) is 28.4 Å². The van der Waals surface area contributed by atoms with Crippen LogP contribution in [-0.2, 0) is 13.0 Å². The van der Waals surface area contributed by atoms with E-state index in [1.54, 1.807) is 41.1 Å². The van der Waals surface area contributed by atoms with Crippen molar-refractivity contribution in [1.29, 1.82) is 0 Å². The highest BCUT2D eigenvalue weighted by atomic mass is 32.1. The molecule has 5 nitrogen and oxygen atoms in total. The number of hydrogen-bond donors (Lipinski definition) is 2. The number of thiazole rings is 1. The van der Waals surface area contributed by atoms with Crippen molar-refractivity contribution >= 4 is 33.7 Å². The summed E-state index contributed by atoms with van der Waals surface area (Å²) >= 11 is 3.04. The number of hydrogen-bond acceptors (Lipinski definition) is 6. The minimum absolute atomic E-state index is 0.153. The first-order valence-electron chi connectivity index (χ1n) is 7.35. The normalized spacial score (nSPS) is 10.5. The fourth-order valence-electron chi connectivity index (χ4n) is 2.15. The molecule has 3 rings (SSSR count). The number of aliphatic hydroxyl groups excluding tert-OH is 1. The van der Waals surface area contributed by atoms with Crippen molar-refractivity contribution < 1.29 is 14.6 Å². The van der Waals surface area contributed by atoms with E-state index < -0.39 is 0 Å². The van der Waals surface area contributed by atoms with Crippen molar-refractivity contribution in [1.82, 2.24) is 4.98 Å². The molecule has 0 aliphatic heterocycles. The van der Waals surface area contributed by atoms with Crippen LogP contribution in [0.1, 0.15) is 20.8 Å². The molecule has 0 saturated carbocycles. The summed E-state index contributed by atoms with van der Waals surface area (Å²) in [6, 6.07) is 9.14. The second-order valence-corrected chi connectivity index (χ2v) is 6.92. The molecule has 0 aliphatic rings. The highest BCUT2D eigenvalue weighted by molar-refractivity contribution is 7.13. The van der Waals surface area contributed by atoms with Crippen LogP contribution in [0.25, 0.3) is 0 Å². The average molecular weight is 360 g/mol. The molecule has 0 saturated heterocycles. The Kier molecular flexibility index (Phi) is 5.58. The van der Waals surface area contributed by atoms with Gasteiger partial charge in [0.1, 0.15) is 5.75 Å². The van der Waals surface area contributed by atoms with Crippen LogP contribution in [0.2, 0.25) is 0 Å². The van der Waals surface area contributed by atoms with Gasteiger partial charge in [-0.15, -0.1) is 22.7 Å². The Morgan fingerprint density at radius 3 is 2.88 bits per heavy atom. The van der Waals surface area contributed by atoms with E-state index in [0.29, 0.717) is 28.6 Å². The van der Waals surface area contributed by atoms with Crippen molar-refractivity contribution in [3.63, 3.8) is 0 Å². The van der Waals surface area contributed by atoms with Crippen molar-refractivity contribution in [3.8, 4) is 5.75 Å². The van der Waals surface area contributed by atoms with Gasteiger partial charge in [0.05, 0.1) is 13.2 Å². The Bertz CT molecular complexity index is 786. The van der Waals surface area contributed by atoms with Gasteiger partial charge in [0.25, 0.3) is 5.91 Å². The Balaban J connectivity index is 1.68. The first-order valence-corrected chi connectivity index (χ1v) is 9.11. The summed E-state index contributed by atoms with van der Waals surface area (Å²) < 4.78 is 5.75. The van der Waals surface area contributed by atoms with Gasteiger partial charge in [0.15, 0.2) is 5.13 Å². The molecule has 0 unspecified atom stereocenters. The average Bonchev–Trinajstić information content (AvgIpc) is 3.28. The maximum absolute atomic E-state index is 12.3. The first kappa shape index (κ1) is 16.6. The lowest BCUT2D eigenvalue weighted by atomic mass is 10.1. The number of anilines is 1. The van der Waals surface area contributed by atoms with Gasteiger partial charge in [-0.25, -0.2) is 4.98 Å². The van der Waals surface area contributed by atoms with E-state index >= 15 is 0 Å². The molecule has 0 aliphatic carbocycles. The summed E-state index contributed by atoms with van der Waals surface area (Å²) in [5, 5.41) is 16.5. The van der Waals surface area contributed by atoms with E-state index in [2.05, 4.69) is 16.4 Å². The quantitative estimate of drug-likeness (QED) is 0.676. The van der Waals surface area contributed by atoms with Crippen molar-refractivity contribution in [3.05, 3.63) is 63.3 Å². The minimum atomic E-state index is -0.275. The molecule has 0 bridgehead atoms. The van der Waals surface area contributed by atoms with Crippen LogP contribution >= 0.6 is 22.7 Å².